The van der Waals surface area contributed by atoms with Crippen LogP contribution in [0.25, 0.3) is 10.9 Å². The second-order valence-corrected chi connectivity index (χ2v) is 5.16. The van der Waals surface area contributed by atoms with Gasteiger partial charge in [0.05, 0.1) is 11.6 Å². The van der Waals surface area contributed by atoms with Crippen LogP contribution in [-0.2, 0) is 0 Å². The molecule has 2 heterocycles. The summed E-state index contributed by atoms with van der Waals surface area (Å²) in [6.45, 7) is 0. The van der Waals surface area contributed by atoms with Crippen molar-refractivity contribution >= 4 is 32.6 Å². The van der Waals surface area contributed by atoms with Crippen LogP contribution >= 0.6 is 15.9 Å². The number of benzene rings is 1. The predicted octanol–water partition coefficient (Wildman–Crippen LogP) is 3.57. The van der Waals surface area contributed by atoms with Crippen LogP contribution in [0.1, 0.15) is 15.9 Å². The van der Waals surface area contributed by atoms with Crippen molar-refractivity contribution in [3.63, 3.8) is 0 Å². The van der Waals surface area contributed by atoms with Crippen molar-refractivity contribution in [2.75, 3.05) is 7.11 Å². The molecule has 5 heteroatoms. The summed E-state index contributed by atoms with van der Waals surface area (Å²) in [5, 5.41) is 0.824. The average Bonchev–Trinajstić information content (AvgIpc) is 2.90. The van der Waals surface area contributed by atoms with E-state index >= 15 is 0 Å². The Kier molecular flexibility index (Phi) is 3.28. The minimum atomic E-state index is -0.0485. The van der Waals surface area contributed by atoms with Gasteiger partial charge in [-0.25, -0.2) is 0 Å². The highest BCUT2D eigenvalue weighted by Crippen LogP contribution is 2.27. The number of hydrogen-bond donors (Lipinski definition) is 1. The van der Waals surface area contributed by atoms with E-state index in [1.54, 1.807) is 43.9 Å². The van der Waals surface area contributed by atoms with Crippen molar-refractivity contribution in [1.82, 2.24) is 9.97 Å². The van der Waals surface area contributed by atoms with Gasteiger partial charge in [-0.15, -0.1) is 0 Å². The molecule has 1 N–H and O–H groups in total. The van der Waals surface area contributed by atoms with Crippen LogP contribution in [0.15, 0.2) is 47.3 Å². The second kappa shape index (κ2) is 5.09. The first-order chi connectivity index (χ1) is 9.70. The number of carbonyl (C=O) groups is 1. The van der Waals surface area contributed by atoms with Crippen LogP contribution in [0, 0.1) is 0 Å². The molecule has 0 aliphatic rings. The molecule has 0 saturated carbocycles. The Labute approximate surface area is 123 Å². The van der Waals surface area contributed by atoms with Crippen molar-refractivity contribution < 1.29 is 9.53 Å². The number of methoxy groups -OCH3 is 1. The Bertz CT molecular complexity index is 795. The summed E-state index contributed by atoms with van der Waals surface area (Å²) >= 11 is 3.39. The maximum absolute atomic E-state index is 12.6. The fourth-order valence-corrected chi connectivity index (χ4v) is 2.65. The lowest BCUT2D eigenvalue weighted by Gasteiger charge is -2.05. The third-order valence-corrected chi connectivity index (χ3v) is 3.76. The van der Waals surface area contributed by atoms with Gasteiger partial charge < -0.3 is 9.72 Å². The second-order valence-electron chi connectivity index (χ2n) is 4.30. The minimum Gasteiger partial charge on any atom is -0.496 e. The monoisotopic (exact) mass is 330 g/mol. The van der Waals surface area contributed by atoms with E-state index < -0.39 is 0 Å². The Hall–Kier alpha value is -2.14. The molecule has 0 fully saturated rings. The predicted molar refractivity (Wildman–Crippen MR) is 80.2 cm³/mol. The molecule has 0 saturated heterocycles. The Morgan fingerprint density at radius 3 is 2.95 bits per heavy atom. The van der Waals surface area contributed by atoms with E-state index in [1.807, 2.05) is 6.07 Å². The number of fused-ring (bicyclic) bond motifs is 1. The molecule has 0 spiro atoms. The smallest absolute Gasteiger partial charge is 0.195 e. The van der Waals surface area contributed by atoms with E-state index in [9.17, 15) is 4.79 Å². The fourth-order valence-electron chi connectivity index (χ4n) is 2.11. The molecule has 3 rings (SSSR count). The van der Waals surface area contributed by atoms with Crippen LogP contribution in [-0.4, -0.2) is 22.9 Å². The molecule has 0 unspecified atom stereocenters. The van der Waals surface area contributed by atoms with E-state index in [0.717, 1.165) is 15.4 Å². The van der Waals surface area contributed by atoms with Gasteiger partial charge in [0.1, 0.15) is 5.75 Å². The van der Waals surface area contributed by atoms with E-state index in [2.05, 4.69) is 25.9 Å². The Balaban J connectivity index is 2.06. The summed E-state index contributed by atoms with van der Waals surface area (Å²) in [5.74, 6) is 0.648. The molecule has 0 atom stereocenters. The fraction of sp³-hybridized carbons (Fsp3) is 0.0667. The van der Waals surface area contributed by atoms with Crippen LogP contribution < -0.4 is 4.74 Å². The number of rotatable bonds is 3. The normalized spacial score (nSPS) is 10.7. The molecule has 20 heavy (non-hydrogen) atoms. The molecule has 3 aromatic rings. The lowest BCUT2D eigenvalue weighted by atomic mass is 10.0. The maximum Gasteiger partial charge on any atom is 0.195 e. The summed E-state index contributed by atoms with van der Waals surface area (Å²) < 4.78 is 5.92. The zero-order chi connectivity index (χ0) is 14.1. The summed E-state index contributed by atoms with van der Waals surface area (Å²) in [5.41, 5.74) is 2.11. The van der Waals surface area contributed by atoms with Gasteiger partial charge in [0.2, 0.25) is 0 Å². The van der Waals surface area contributed by atoms with Crippen molar-refractivity contribution in [2.45, 2.75) is 0 Å². The largest absolute Gasteiger partial charge is 0.496 e. The Morgan fingerprint density at radius 2 is 2.20 bits per heavy atom. The summed E-state index contributed by atoms with van der Waals surface area (Å²) in [7, 11) is 1.59. The molecule has 0 radical (unpaired) electrons. The molecule has 0 bridgehead atoms. The van der Waals surface area contributed by atoms with E-state index in [4.69, 9.17) is 4.74 Å². The highest BCUT2D eigenvalue weighted by molar-refractivity contribution is 9.10. The lowest BCUT2D eigenvalue weighted by Crippen LogP contribution is -2.01. The molecule has 0 aliphatic heterocycles. The molecule has 0 amide bonds. The number of ketones is 1. The number of nitrogens with zero attached hydrogens (tertiary/aromatic N) is 1. The van der Waals surface area contributed by atoms with Crippen molar-refractivity contribution in [2.24, 2.45) is 0 Å². The quantitative estimate of drug-likeness (QED) is 0.747. The average molecular weight is 331 g/mol. The molecule has 2 aromatic heterocycles. The van der Waals surface area contributed by atoms with Gasteiger partial charge in [0, 0.05) is 40.6 Å². The van der Waals surface area contributed by atoms with Gasteiger partial charge in [-0.2, -0.15) is 0 Å². The molecule has 100 valence electrons. The highest BCUT2D eigenvalue weighted by atomic mass is 79.9. The first kappa shape index (κ1) is 12.9. The number of ether oxygens (including phenoxy) is 1. The number of pyridine rings is 1. The van der Waals surface area contributed by atoms with Crippen LogP contribution in [0.3, 0.4) is 0 Å². The highest BCUT2D eigenvalue weighted by Gasteiger charge is 2.15. The van der Waals surface area contributed by atoms with E-state index in [1.165, 1.54) is 0 Å². The molecular weight excluding hydrogens is 320 g/mol. The maximum atomic E-state index is 12.6. The van der Waals surface area contributed by atoms with E-state index in [0.29, 0.717) is 16.9 Å². The number of aromatic amines is 1. The number of H-pyrrole nitrogens is 1. The van der Waals surface area contributed by atoms with Gasteiger partial charge in [-0.05, 0) is 40.2 Å². The van der Waals surface area contributed by atoms with Gasteiger partial charge in [-0.1, -0.05) is 0 Å². The SMILES string of the molecule is COc1ccc(C(=O)c2c[nH]c3ccncc23)cc1Br. The summed E-state index contributed by atoms with van der Waals surface area (Å²) in [4.78, 5) is 19.7. The van der Waals surface area contributed by atoms with Crippen LogP contribution in [0.5, 0.6) is 5.75 Å². The minimum absolute atomic E-state index is 0.0485. The number of nitrogens with one attached hydrogen (secondary N) is 1. The third-order valence-electron chi connectivity index (χ3n) is 3.14. The zero-order valence-corrected chi connectivity index (χ0v) is 12.3. The molecule has 0 aliphatic carbocycles. The van der Waals surface area contributed by atoms with Crippen molar-refractivity contribution in [3.8, 4) is 5.75 Å². The van der Waals surface area contributed by atoms with Gasteiger partial charge in [0.25, 0.3) is 0 Å². The molecule has 1 aromatic carbocycles. The molecular formula is C15H11BrN2O2. The third kappa shape index (κ3) is 2.10. The number of hydrogen-bond acceptors (Lipinski definition) is 3. The summed E-state index contributed by atoms with van der Waals surface area (Å²) in [6.07, 6.45) is 5.10. The summed E-state index contributed by atoms with van der Waals surface area (Å²) in [6, 6.07) is 7.12. The van der Waals surface area contributed by atoms with Crippen LogP contribution in [0.2, 0.25) is 0 Å². The standard InChI is InChI=1S/C15H11BrN2O2/c1-20-14-3-2-9(6-12(14)16)15(19)11-8-18-13-4-5-17-7-10(11)13/h2-8,18H,1H3. The van der Waals surface area contributed by atoms with E-state index in [-0.39, 0.29) is 5.78 Å². The van der Waals surface area contributed by atoms with Crippen LogP contribution in [0.4, 0.5) is 0 Å². The van der Waals surface area contributed by atoms with Gasteiger partial charge >= 0.3 is 0 Å². The first-order valence-corrected chi connectivity index (χ1v) is 6.79. The number of aromatic nitrogens is 2. The lowest BCUT2D eigenvalue weighted by molar-refractivity contribution is 0.104. The number of halogens is 1. The van der Waals surface area contributed by atoms with Gasteiger partial charge in [0.15, 0.2) is 5.78 Å². The van der Waals surface area contributed by atoms with Crippen molar-refractivity contribution in [3.05, 3.63) is 58.5 Å². The Morgan fingerprint density at radius 1 is 1.35 bits per heavy atom. The zero-order valence-electron chi connectivity index (χ0n) is 10.7. The van der Waals surface area contributed by atoms with Gasteiger partial charge in [-0.3, -0.25) is 9.78 Å². The first-order valence-electron chi connectivity index (χ1n) is 6.00. The number of carbonyl (C=O) groups excluding carboxylic acids is 1. The van der Waals surface area contributed by atoms with Crippen molar-refractivity contribution in [1.29, 1.82) is 0 Å². The molecule has 4 nitrogen and oxygen atoms in total. The topological polar surface area (TPSA) is 55.0 Å².